The molecule has 0 spiro atoms. The van der Waals surface area contributed by atoms with Crippen molar-refractivity contribution in [2.24, 2.45) is 0 Å². The Balaban J connectivity index is 2.03. The molecule has 0 radical (unpaired) electrons. The molecule has 0 heterocycles. The van der Waals surface area contributed by atoms with Crippen molar-refractivity contribution in [1.82, 2.24) is 8.61 Å². The van der Waals surface area contributed by atoms with E-state index in [1.807, 2.05) is 12.1 Å². The van der Waals surface area contributed by atoms with Gasteiger partial charge in [-0.3, -0.25) is 0 Å². The largest absolute Gasteiger partial charge is 0.282 e. The minimum Gasteiger partial charge on any atom is -0.195 e. The van der Waals surface area contributed by atoms with Gasteiger partial charge < -0.3 is 0 Å². The molecule has 1 aliphatic carbocycles. The Morgan fingerprint density at radius 2 is 1.55 bits per heavy atom. The molecule has 4 nitrogen and oxygen atoms in total. The Bertz CT molecular complexity index is 563. The van der Waals surface area contributed by atoms with Crippen LogP contribution >= 0.6 is 0 Å². The van der Waals surface area contributed by atoms with Crippen molar-refractivity contribution >= 4 is 10.2 Å². The van der Waals surface area contributed by atoms with Crippen LogP contribution < -0.4 is 0 Å². The highest BCUT2D eigenvalue weighted by Crippen LogP contribution is 2.24. The molecule has 0 atom stereocenters. The molecular weight excluding hydrogens is 296 g/mol. The summed E-state index contributed by atoms with van der Waals surface area (Å²) in [6, 6.07) is 8.33. The zero-order chi connectivity index (χ0) is 16.2. The van der Waals surface area contributed by atoms with Crippen molar-refractivity contribution in [2.75, 3.05) is 14.1 Å². The van der Waals surface area contributed by atoms with E-state index in [1.54, 1.807) is 18.4 Å². The first-order valence-corrected chi connectivity index (χ1v) is 9.62. The van der Waals surface area contributed by atoms with E-state index in [1.165, 1.54) is 16.3 Å². The van der Waals surface area contributed by atoms with Gasteiger partial charge in [-0.25, -0.2) is 0 Å². The van der Waals surface area contributed by atoms with Crippen LogP contribution in [0.2, 0.25) is 0 Å². The van der Waals surface area contributed by atoms with Gasteiger partial charge in [0.25, 0.3) is 10.2 Å². The summed E-state index contributed by atoms with van der Waals surface area (Å²) in [6.07, 6.45) is 6.45. The van der Waals surface area contributed by atoms with E-state index in [-0.39, 0.29) is 6.04 Å². The number of benzene rings is 1. The number of hydrogen-bond acceptors (Lipinski definition) is 2. The summed E-state index contributed by atoms with van der Waals surface area (Å²) >= 11 is 0. The molecule has 0 bridgehead atoms. The zero-order valence-electron chi connectivity index (χ0n) is 14.0. The normalized spacial score (nSPS) is 17.3. The molecule has 5 heteroatoms. The molecular formula is C17H28N2O2S. The smallest absolute Gasteiger partial charge is 0.195 e. The Morgan fingerprint density at radius 1 is 1.00 bits per heavy atom. The van der Waals surface area contributed by atoms with Gasteiger partial charge in [0.05, 0.1) is 0 Å². The van der Waals surface area contributed by atoms with Crippen molar-refractivity contribution in [3.63, 3.8) is 0 Å². The molecule has 1 aliphatic rings. The van der Waals surface area contributed by atoms with Gasteiger partial charge in [-0.1, -0.05) is 50.5 Å². The Kier molecular flexibility index (Phi) is 6.01. The highest BCUT2D eigenvalue weighted by molar-refractivity contribution is 7.86. The first-order chi connectivity index (χ1) is 10.4. The molecule has 0 unspecified atom stereocenters. The molecule has 124 valence electrons. The predicted molar refractivity (Wildman–Crippen MR) is 90.8 cm³/mol. The maximum absolute atomic E-state index is 12.7. The first kappa shape index (κ1) is 17.4. The quantitative estimate of drug-likeness (QED) is 0.806. The van der Waals surface area contributed by atoms with E-state index in [4.69, 9.17) is 0 Å². The topological polar surface area (TPSA) is 40.6 Å². The first-order valence-electron chi connectivity index (χ1n) is 8.22. The van der Waals surface area contributed by atoms with E-state index in [9.17, 15) is 8.42 Å². The lowest BCUT2D eigenvalue weighted by Gasteiger charge is -2.33. The van der Waals surface area contributed by atoms with E-state index in [0.29, 0.717) is 6.54 Å². The number of hydrogen-bond donors (Lipinski definition) is 0. The molecule has 1 saturated carbocycles. The van der Waals surface area contributed by atoms with Gasteiger partial charge in [-0.15, -0.1) is 0 Å². The summed E-state index contributed by atoms with van der Waals surface area (Å²) in [5.41, 5.74) is 2.30. The molecule has 1 aromatic carbocycles. The number of aryl methyl sites for hydroxylation is 1. The third-order valence-electron chi connectivity index (χ3n) is 4.68. The number of rotatable bonds is 6. The van der Waals surface area contributed by atoms with Crippen molar-refractivity contribution < 1.29 is 8.42 Å². The standard InChI is InChI=1S/C17H28N2O2S/c1-4-15-10-12-16(13-11-15)14-18(2)22(20,21)19(3)17-8-6-5-7-9-17/h10-13,17H,4-9,14H2,1-3H3. The van der Waals surface area contributed by atoms with Crippen molar-refractivity contribution in [1.29, 1.82) is 0 Å². The summed E-state index contributed by atoms with van der Waals surface area (Å²) in [7, 11) is 0.00742. The molecule has 0 amide bonds. The molecule has 22 heavy (non-hydrogen) atoms. The molecule has 0 aromatic heterocycles. The summed E-state index contributed by atoms with van der Waals surface area (Å²) in [6.45, 7) is 2.54. The maximum Gasteiger partial charge on any atom is 0.282 e. The predicted octanol–water partition coefficient (Wildman–Crippen LogP) is 3.19. The van der Waals surface area contributed by atoms with Crippen LogP contribution in [-0.2, 0) is 23.2 Å². The van der Waals surface area contributed by atoms with Gasteiger partial charge in [-0.2, -0.15) is 17.0 Å². The zero-order valence-corrected chi connectivity index (χ0v) is 14.8. The number of nitrogens with zero attached hydrogens (tertiary/aromatic N) is 2. The minimum absolute atomic E-state index is 0.156. The molecule has 0 saturated heterocycles. The Labute approximate surface area is 135 Å². The second-order valence-corrected chi connectivity index (χ2v) is 8.34. The van der Waals surface area contributed by atoms with Crippen LogP contribution in [-0.4, -0.2) is 37.2 Å². The van der Waals surface area contributed by atoms with Crippen molar-refractivity contribution in [3.05, 3.63) is 35.4 Å². The second kappa shape index (κ2) is 7.57. The van der Waals surface area contributed by atoms with Crippen LogP contribution in [0.15, 0.2) is 24.3 Å². The monoisotopic (exact) mass is 324 g/mol. The fourth-order valence-corrected chi connectivity index (χ4v) is 4.41. The average Bonchev–Trinajstić information content (AvgIpc) is 2.55. The van der Waals surface area contributed by atoms with Crippen LogP contribution in [0.4, 0.5) is 0 Å². The summed E-state index contributed by atoms with van der Waals surface area (Å²) in [5.74, 6) is 0. The van der Waals surface area contributed by atoms with Gasteiger partial charge >= 0.3 is 0 Å². The third kappa shape index (κ3) is 4.09. The Morgan fingerprint density at radius 3 is 2.09 bits per heavy atom. The van der Waals surface area contributed by atoms with E-state index in [2.05, 4.69) is 19.1 Å². The van der Waals surface area contributed by atoms with Crippen LogP contribution in [0.25, 0.3) is 0 Å². The third-order valence-corrected chi connectivity index (χ3v) is 6.63. The summed E-state index contributed by atoms with van der Waals surface area (Å²) in [5, 5.41) is 0. The van der Waals surface area contributed by atoms with Crippen molar-refractivity contribution in [2.45, 2.75) is 58.0 Å². The molecule has 1 fully saturated rings. The van der Waals surface area contributed by atoms with Gasteiger partial charge in [0.2, 0.25) is 0 Å². The van der Waals surface area contributed by atoms with Gasteiger partial charge in [0.15, 0.2) is 0 Å². The highest BCUT2D eigenvalue weighted by atomic mass is 32.2. The Hall–Kier alpha value is -0.910. The fraction of sp³-hybridized carbons (Fsp3) is 0.647. The van der Waals surface area contributed by atoms with Crippen LogP contribution in [0.5, 0.6) is 0 Å². The fourth-order valence-electron chi connectivity index (χ4n) is 3.07. The summed E-state index contributed by atoms with van der Waals surface area (Å²) in [4.78, 5) is 0. The SMILES string of the molecule is CCc1ccc(CN(C)S(=O)(=O)N(C)C2CCCCC2)cc1. The lowest BCUT2D eigenvalue weighted by Crippen LogP contribution is -2.45. The van der Waals surface area contributed by atoms with Crippen LogP contribution in [0.3, 0.4) is 0 Å². The second-order valence-electron chi connectivity index (χ2n) is 6.24. The highest BCUT2D eigenvalue weighted by Gasteiger charge is 2.30. The molecule has 0 aliphatic heterocycles. The lowest BCUT2D eigenvalue weighted by molar-refractivity contribution is 0.268. The van der Waals surface area contributed by atoms with Crippen LogP contribution in [0.1, 0.15) is 50.2 Å². The maximum atomic E-state index is 12.7. The van der Waals surface area contributed by atoms with Crippen LogP contribution in [0, 0.1) is 0 Å². The summed E-state index contributed by atoms with van der Waals surface area (Å²) < 4.78 is 28.5. The van der Waals surface area contributed by atoms with Gasteiger partial charge in [-0.05, 0) is 30.4 Å². The van der Waals surface area contributed by atoms with Gasteiger partial charge in [0, 0.05) is 26.7 Å². The van der Waals surface area contributed by atoms with E-state index < -0.39 is 10.2 Å². The van der Waals surface area contributed by atoms with Gasteiger partial charge in [0.1, 0.15) is 0 Å². The molecule has 1 aromatic rings. The molecule has 2 rings (SSSR count). The van der Waals surface area contributed by atoms with E-state index in [0.717, 1.165) is 37.7 Å². The average molecular weight is 324 g/mol. The van der Waals surface area contributed by atoms with Crippen molar-refractivity contribution in [3.8, 4) is 0 Å². The lowest BCUT2D eigenvalue weighted by atomic mass is 9.96. The van der Waals surface area contributed by atoms with E-state index >= 15 is 0 Å². The minimum atomic E-state index is -3.39. The molecule has 0 N–H and O–H groups in total.